The molecule has 3 N–H and O–H groups in total. The fraction of sp³-hybridized carbons (Fsp3) is 0.214. The number of amides is 3. The van der Waals surface area contributed by atoms with Crippen LogP contribution in [0.1, 0.15) is 25.8 Å². The smallest absolute Gasteiger partial charge is 0.304 e. The second-order valence-electron chi connectivity index (χ2n) is 8.97. The minimum Gasteiger partial charge on any atom is -0.481 e. The molecular weight excluding hydrogens is 458 g/mol. The molecule has 3 amide bonds. The van der Waals surface area contributed by atoms with Crippen LogP contribution in [-0.4, -0.2) is 28.8 Å². The lowest BCUT2D eigenvalue weighted by Gasteiger charge is -2.45. The number of benzene rings is 3. The van der Waals surface area contributed by atoms with Crippen molar-refractivity contribution in [2.45, 2.75) is 25.8 Å². The standard InChI is InChI=1S/C28H27N3O5/c1-18(2)28(27(29)36,19-11-5-3-6-12-19)31-23-16-10-9-15-22(23)30(20-13-7-4-8-14-20)25(34)21(26(31)35)17-24(32)33/h3-16,18,21H,17H2,1-2H3,(H2,29,36)(H,32,33). The largest absolute Gasteiger partial charge is 0.481 e. The number of aliphatic carboxylic acids is 1. The van der Waals surface area contributed by atoms with Crippen LogP contribution in [0.5, 0.6) is 0 Å². The van der Waals surface area contributed by atoms with E-state index in [4.69, 9.17) is 5.73 Å². The summed E-state index contributed by atoms with van der Waals surface area (Å²) >= 11 is 0. The van der Waals surface area contributed by atoms with Gasteiger partial charge in [0.1, 0.15) is 5.92 Å². The molecule has 0 saturated heterocycles. The van der Waals surface area contributed by atoms with Gasteiger partial charge in [-0.05, 0) is 35.7 Å². The fourth-order valence-electron chi connectivity index (χ4n) is 5.00. The van der Waals surface area contributed by atoms with E-state index in [-0.39, 0.29) is 5.69 Å². The van der Waals surface area contributed by atoms with Crippen LogP contribution in [0.3, 0.4) is 0 Å². The lowest BCUT2D eigenvalue weighted by molar-refractivity contribution is -0.144. The van der Waals surface area contributed by atoms with Gasteiger partial charge in [-0.15, -0.1) is 0 Å². The lowest BCUT2D eigenvalue weighted by atomic mass is 9.76. The van der Waals surface area contributed by atoms with E-state index in [1.54, 1.807) is 98.8 Å². The molecule has 36 heavy (non-hydrogen) atoms. The number of nitrogens with two attached hydrogens (primary N) is 1. The number of anilines is 3. The van der Waals surface area contributed by atoms with E-state index in [0.717, 1.165) is 0 Å². The molecule has 2 atom stereocenters. The summed E-state index contributed by atoms with van der Waals surface area (Å²) in [5.41, 5.74) is 5.94. The van der Waals surface area contributed by atoms with Gasteiger partial charge in [-0.1, -0.05) is 74.5 Å². The molecule has 8 heteroatoms. The van der Waals surface area contributed by atoms with Crippen LogP contribution in [-0.2, 0) is 24.7 Å². The Hall–Kier alpha value is -4.46. The molecule has 0 fully saturated rings. The molecule has 8 nitrogen and oxygen atoms in total. The zero-order valence-corrected chi connectivity index (χ0v) is 20.0. The van der Waals surface area contributed by atoms with Crippen LogP contribution in [0.4, 0.5) is 17.1 Å². The number of rotatable bonds is 7. The topological polar surface area (TPSA) is 121 Å². The summed E-state index contributed by atoms with van der Waals surface area (Å²) < 4.78 is 0. The summed E-state index contributed by atoms with van der Waals surface area (Å²) in [5, 5.41) is 9.66. The number of carbonyl (C=O) groups excluding carboxylic acids is 3. The number of nitrogens with zero attached hydrogens (tertiary/aromatic N) is 2. The van der Waals surface area contributed by atoms with Gasteiger partial charge in [-0.2, -0.15) is 0 Å². The zero-order chi connectivity index (χ0) is 26.0. The zero-order valence-electron chi connectivity index (χ0n) is 20.0. The van der Waals surface area contributed by atoms with Crippen molar-refractivity contribution in [2.75, 3.05) is 9.80 Å². The minimum absolute atomic E-state index is 0.281. The average molecular weight is 486 g/mol. The Balaban J connectivity index is 2.10. The summed E-state index contributed by atoms with van der Waals surface area (Å²) in [4.78, 5) is 56.0. The molecule has 184 valence electrons. The molecule has 4 rings (SSSR count). The summed E-state index contributed by atoms with van der Waals surface area (Å²) in [6.07, 6.45) is -0.743. The lowest BCUT2D eigenvalue weighted by Crippen LogP contribution is -2.62. The van der Waals surface area contributed by atoms with Gasteiger partial charge in [0.15, 0.2) is 5.54 Å². The van der Waals surface area contributed by atoms with Crippen molar-refractivity contribution >= 4 is 40.8 Å². The normalized spacial score (nSPS) is 17.4. The van der Waals surface area contributed by atoms with E-state index < -0.39 is 47.5 Å². The molecule has 1 aliphatic rings. The van der Waals surface area contributed by atoms with Crippen LogP contribution in [0.15, 0.2) is 84.9 Å². The third kappa shape index (κ3) is 3.90. The van der Waals surface area contributed by atoms with Gasteiger partial charge >= 0.3 is 5.97 Å². The predicted molar refractivity (Wildman–Crippen MR) is 135 cm³/mol. The van der Waals surface area contributed by atoms with Crippen LogP contribution in [0.25, 0.3) is 0 Å². The SMILES string of the molecule is CC(C)C(C(N)=O)(c1ccccc1)N1C(=O)C(CC(=O)O)C(=O)N(c2ccccc2)c2ccccc21. The molecule has 0 radical (unpaired) electrons. The highest BCUT2D eigenvalue weighted by atomic mass is 16.4. The summed E-state index contributed by atoms with van der Waals surface area (Å²) in [6, 6.07) is 24.1. The van der Waals surface area contributed by atoms with E-state index >= 15 is 0 Å². The number of para-hydroxylation sites is 3. The van der Waals surface area contributed by atoms with Crippen molar-refractivity contribution in [1.29, 1.82) is 0 Å². The molecule has 0 saturated carbocycles. The van der Waals surface area contributed by atoms with Gasteiger partial charge in [0.2, 0.25) is 17.7 Å². The average Bonchev–Trinajstić information content (AvgIpc) is 2.94. The molecule has 0 spiro atoms. The maximum Gasteiger partial charge on any atom is 0.304 e. The highest BCUT2D eigenvalue weighted by Gasteiger charge is 2.55. The first-order valence-corrected chi connectivity index (χ1v) is 11.6. The molecule has 1 heterocycles. The Kier molecular flexibility index (Phi) is 6.61. The molecule has 1 aliphatic heterocycles. The molecule has 0 aromatic heterocycles. The Bertz CT molecular complexity index is 1310. The first-order valence-electron chi connectivity index (χ1n) is 11.6. The van der Waals surface area contributed by atoms with Gasteiger partial charge in [0.25, 0.3) is 0 Å². The Morgan fingerprint density at radius 3 is 1.92 bits per heavy atom. The number of hydrogen-bond acceptors (Lipinski definition) is 4. The van der Waals surface area contributed by atoms with Crippen LogP contribution in [0.2, 0.25) is 0 Å². The maximum absolute atomic E-state index is 14.3. The van der Waals surface area contributed by atoms with Crippen molar-refractivity contribution < 1.29 is 24.3 Å². The van der Waals surface area contributed by atoms with Gasteiger partial charge < -0.3 is 10.8 Å². The second-order valence-corrected chi connectivity index (χ2v) is 8.97. The predicted octanol–water partition coefficient (Wildman–Crippen LogP) is 3.83. The number of carboxylic acids is 1. The van der Waals surface area contributed by atoms with Crippen LogP contribution >= 0.6 is 0 Å². The molecule has 0 bridgehead atoms. The van der Waals surface area contributed by atoms with Crippen molar-refractivity contribution in [3.63, 3.8) is 0 Å². The van der Waals surface area contributed by atoms with E-state index in [1.165, 1.54) is 9.80 Å². The Morgan fingerprint density at radius 1 is 0.861 bits per heavy atom. The number of carboxylic acid groups (broad SMARTS) is 1. The first kappa shape index (κ1) is 24.7. The van der Waals surface area contributed by atoms with Gasteiger partial charge in [-0.3, -0.25) is 29.0 Å². The number of fused-ring (bicyclic) bond motifs is 1. The molecule has 3 aromatic carbocycles. The number of carbonyl (C=O) groups is 4. The monoisotopic (exact) mass is 485 g/mol. The van der Waals surface area contributed by atoms with Crippen LogP contribution in [0, 0.1) is 11.8 Å². The van der Waals surface area contributed by atoms with Crippen molar-refractivity contribution in [2.24, 2.45) is 17.6 Å². The first-order chi connectivity index (χ1) is 17.2. The number of primary amides is 1. The second kappa shape index (κ2) is 9.65. The van der Waals surface area contributed by atoms with Crippen LogP contribution < -0.4 is 15.5 Å². The highest BCUT2D eigenvalue weighted by molar-refractivity contribution is 6.22. The highest BCUT2D eigenvalue weighted by Crippen LogP contribution is 2.47. The van der Waals surface area contributed by atoms with Gasteiger partial charge in [0, 0.05) is 5.69 Å². The van der Waals surface area contributed by atoms with E-state index in [1.807, 2.05) is 0 Å². The van der Waals surface area contributed by atoms with E-state index in [0.29, 0.717) is 16.9 Å². The third-order valence-corrected chi connectivity index (χ3v) is 6.57. The number of hydrogen-bond donors (Lipinski definition) is 2. The Labute approximate surface area is 208 Å². The van der Waals surface area contributed by atoms with Gasteiger partial charge in [-0.25, -0.2) is 0 Å². The third-order valence-electron chi connectivity index (χ3n) is 6.57. The van der Waals surface area contributed by atoms with Crippen molar-refractivity contribution in [1.82, 2.24) is 0 Å². The summed E-state index contributed by atoms with van der Waals surface area (Å²) in [5.74, 6) is -5.71. The Morgan fingerprint density at radius 2 is 1.39 bits per heavy atom. The van der Waals surface area contributed by atoms with Crippen molar-refractivity contribution in [3.8, 4) is 0 Å². The fourth-order valence-corrected chi connectivity index (χ4v) is 5.00. The molecule has 2 unspecified atom stereocenters. The van der Waals surface area contributed by atoms with E-state index in [9.17, 15) is 24.3 Å². The summed E-state index contributed by atoms with van der Waals surface area (Å²) in [7, 11) is 0. The molecule has 0 aliphatic carbocycles. The summed E-state index contributed by atoms with van der Waals surface area (Å²) in [6.45, 7) is 3.53. The van der Waals surface area contributed by atoms with E-state index in [2.05, 4.69) is 0 Å². The molecule has 3 aromatic rings. The molecular formula is C28H27N3O5. The van der Waals surface area contributed by atoms with Gasteiger partial charge in [0.05, 0.1) is 17.8 Å². The quantitative estimate of drug-likeness (QED) is 0.493. The van der Waals surface area contributed by atoms with Crippen molar-refractivity contribution in [3.05, 3.63) is 90.5 Å². The minimum atomic E-state index is -1.70. The maximum atomic E-state index is 14.3.